The number of aromatic amines is 2. The number of H-pyrrole nitrogens is 2. The molecule has 228 valence electrons. The molecule has 6 N–H and O–H groups in total. The molecule has 0 aliphatic rings. The molecule has 11 heteroatoms. The van der Waals surface area contributed by atoms with Crippen LogP contribution >= 0.6 is 0 Å². The standard InChI is InChI=1S/C32H40N6O5/c1-19(39)35-27(16-21-18-34-25-14-10-8-12-23(21)25)37-28(40)26(15-20-17-33-24-13-9-7-11-22(20)24)36-29(41)32(5,6)38-30(42)43-31(2,3)4/h7-14,17-18,26-27,33-34H,15-16H2,1-6H3,(H,35,39)(H,36,41)(H,37,40)(H,38,42)/t26-,27-/m1/s1. The summed E-state index contributed by atoms with van der Waals surface area (Å²) in [5, 5.41) is 13.0. The third kappa shape index (κ3) is 8.15. The van der Waals surface area contributed by atoms with E-state index in [4.69, 9.17) is 4.74 Å². The quantitative estimate of drug-likeness (QED) is 0.155. The van der Waals surface area contributed by atoms with Gasteiger partial charge in [0.1, 0.15) is 23.3 Å². The second-order valence-corrected chi connectivity index (χ2v) is 12.2. The number of ether oxygens (including phenoxy) is 1. The molecular formula is C32H40N6O5. The van der Waals surface area contributed by atoms with Crippen LogP contribution in [-0.4, -0.2) is 57.1 Å². The lowest BCUT2D eigenvalue weighted by molar-refractivity contribution is -0.132. The zero-order valence-electron chi connectivity index (χ0n) is 25.4. The lowest BCUT2D eigenvalue weighted by Crippen LogP contribution is -2.61. The molecule has 4 amide bonds. The van der Waals surface area contributed by atoms with Gasteiger partial charge in [-0.3, -0.25) is 14.4 Å². The number of amides is 4. The summed E-state index contributed by atoms with van der Waals surface area (Å²) in [5.74, 6) is -1.39. The Morgan fingerprint density at radius 1 is 0.767 bits per heavy atom. The van der Waals surface area contributed by atoms with E-state index in [1.54, 1.807) is 27.0 Å². The maximum Gasteiger partial charge on any atom is 0.408 e. The lowest BCUT2D eigenvalue weighted by atomic mass is 10.0. The van der Waals surface area contributed by atoms with Gasteiger partial charge in [0.15, 0.2) is 0 Å². The molecule has 0 aliphatic carbocycles. The Labute approximate surface area is 250 Å². The molecule has 4 rings (SSSR count). The van der Waals surface area contributed by atoms with Gasteiger partial charge in [0.2, 0.25) is 17.7 Å². The highest BCUT2D eigenvalue weighted by Gasteiger charge is 2.35. The summed E-state index contributed by atoms with van der Waals surface area (Å²) in [6.45, 7) is 9.62. The summed E-state index contributed by atoms with van der Waals surface area (Å²) in [6, 6.07) is 14.4. The average Bonchev–Trinajstić information content (AvgIpc) is 3.50. The molecule has 0 fully saturated rings. The number of benzene rings is 2. The summed E-state index contributed by atoms with van der Waals surface area (Å²) in [7, 11) is 0. The van der Waals surface area contributed by atoms with Gasteiger partial charge < -0.3 is 36.0 Å². The largest absolute Gasteiger partial charge is 0.444 e. The Morgan fingerprint density at radius 3 is 1.84 bits per heavy atom. The summed E-state index contributed by atoms with van der Waals surface area (Å²) in [4.78, 5) is 58.3. The van der Waals surface area contributed by atoms with Crippen molar-refractivity contribution in [1.82, 2.24) is 31.2 Å². The van der Waals surface area contributed by atoms with E-state index < -0.39 is 41.3 Å². The van der Waals surface area contributed by atoms with Crippen molar-refractivity contribution in [1.29, 1.82) is 0 Å². The van der Waals surface area contributed by atoms with Gasteiger partial charge in [0, 0.05) is 54.0 Å². The van der Waals surface area contributed by atoms with Crippen LogP contribution in [0.3, 0.4) is 0 Å². The number of hydrogen-bond acceptors (Lipinski definition) is 5. The minimum absolute atomic E-state index is 0.157. The fourth-order valence-electron chi connectivity index (χ4n) is 4.86. The highest BCUT2D eigenvalue weighted by molar-refractivity contribution is 5.94. The first-order chi connectivity index (χ1) is 20.2. The molecule has 0 saturated heterocycles. The number of aromatic nitrogens is 2. The van der Waals surface area contributed by atoms with Gasteiger partial charge in [-0.15, -0.1) is 0 Å². The maximum atomic E-state index is 13.9. The third-order valence-electron chi connectivity index (χ3n) is 6.89. The smallest absolute Gasteiger partial charge is 0.408 e. The summed E-state index contributed by atoms with van der Waals surface area (Å²) in [5.41, 5.74) is 1.41. The molecule has 2 atom stereocenters. The second-order valence-electron chi connectivity index (χ2n) is 12.2. The van der Waals surface area contributed by atoms with Gasteiger partial charge in [-0.1, -0.05) is 36.4 Å². The summed E-state index contributed by atoms with van der Waals surface area (Å²) < 4.78 is 5.32. The lowest BCUT2D eigenvalue weighted by Gasteiger charge is -2.30. The van der Waals surface area contributed by atoms with E-state index in [0.29, 0.717) is 6.42 Å². The Hall–Kier alpha value is -4.80. The SMILES string of the molecule is CC(=O)N[C@@H](Cc1c[nH]c2ccccc12)NC(=O)[C@@H](Cc1c[nH]c2ccccc12)NC(=O)C(C)(C)NC(=O)OC(C)(C)C. The first kappa shape index (κ1) is 31.1. The van der Waals surface area contributed by atoms with Gasteiger partial charge in [-0.25, -0.2) is 4.79 Å². The number of hydrogen-bond donors (Lipinski definition) is 6. The second kappa shape index (κ2) is 12.6. The normalized spacial score (nSPS) is 13.3. The van der Waals surface area contributed by atoms with Crippen LogP contribution < -0.4 is 21.3 Å². The number of alkyl carbamates (subject to hydrolysis) is 1. The van der Waals surface area contributed by atoms with E-state index in [1.165, 1.54) is 20.8 Å². The van der Waals surface area contributed by atoms with Crippen molar-refractivity contribution in [2.45, 2.75) is 77.7 Å². The van der Waals surface area contributed by atoms with Crippen molar-refractivity contribution in [3.8, 4) is 0 Å². The number of para-hydroxylation sites is 2. The Morgan fingerprint density at radius 2 is 1.30 bits per heavy atom. The summed E-state index contributed by atoms with van der Waals surface area (Å²) in [6.07, 6.45) is 2.62. The summed E-state index contributed by atoms with van der Waals surface area (Å²) >= 11 is 0. The van der Waals surface area contributed by atoms with Crippen LogP contribution in [0.1, 0.15) is 52.7 Å². The Balaban J connectivity index is 1.58. The predicted molar refractivity (Wildman–Crippen MR) is 165 cm³/mol. The number of carbonyl (C=O) groups is 4. The molecule has 2 heterocycles. The Kier molecular flexibility index (Phi) is 9.13. The minimum Gasteiger partial charge on any atom is -0.444 e. The van der Waals surface area contributed by atoms with Gasteiger partial charge >= 0.3 is 6.09 Å². The van der Waals surface area contributed by atoms with Crippen molar-refractivity contribution >= 4 is 45.6 Å². The van der Waals surface area contributed by atoms with E-state index in [-0.39, 0.29) is 12.3 Å². The van der Waals surface area contributed by atoms with E-state index in [9.17, 15) is 19.2 Å². The number of nitrogens with one attached hydrogen (secondary N) is 6. The van der Waals surface area contributed by atoms with Crippen LogP contribution in [0.25, 0.3) is 21.8 Å². The zero-order valence-corrected chi connectivity index (χ0v) is 25.4. The molecule has 0 aliphatic heterocycles. The van der Waals surface area contributed by atoms with Crippen LogP contribution in [0, 0.1) is 0 Å². The van der Waals surface area contributed by atoms with Gasteiger partial charge in [-0.2, -0.15) is 0 Å². The topological polar surface area (TPSA) is 157 Å². The molecule has 0 unspecified atom stereocenters. The molecule has 0 spiro atoms. The van der Waals surface area contributed by atoms with Crippen molar-refractivity contribution in [3.05, 3.63) is 72.1 Å². The number of fused-ring (bicyclic) bond motifs is 2. The van der Waals surface area contributed by atoms with Gasteiger partial charge in [-0.05, 0) is 57.9 Å². The molecule has 0 radical (unpaired) electrons. The monoisotopic (exact) mass is 588 g/mol. The Bertz CT molecular complexity index is 1630. The van der Waals surface area contributed by atoms with E-state index in [0.717, 1.165) is 32.9 Å². The van der Waals surface area contributed by atoms with Crippen LogP contribution in [0.2, 0.25) is 0 Å². The van der Waals surface area contributed by atoms with E-state index in [2.05, 4.69) is 31.2 Å². The number of rotatable bonds is 10. The molecule has 0 saturated carbocycles. The van der Waals surface area contributed by atoms with Crippen molar-refractivity contribution in [2.75, 3.05) is 0 Å². The first-order valence-corrected chi connectivity index (χ1v) is 14.2. The van der Waals surface area contributed by atoms with Gasteiger partial charge in [0.25, 0.3) is 0 Å². The molecule has 2 aromatic carbocycles. The fraction of sp³-hybridized carbons (Fsp3) is 0.375. The third-order valence-corrected chi connectivity index (χ3v) is 6.89. The molecule has 11 nitrogen and oxygen atoms in total. The maximum absolute atomic E-state index is 13.9. The van der Waals surface area contributed by atoms with Crippen LogP contribution in [0.5, 0.6) is 0 Å². The average molecular weight is 589 g/mol. The van der Waals surface area contributed by atoms with Crippen molar-refractivity contribution in [2.24, 2.45) is 0 Å². The fourth-order valence-corrected chi connectivity index (χ4v) is 4.86. The first-order valence-electron chi connectivity index (χ1n) is 14.2. The predicted octanol–water partition coefficient (Wildman–Crippen LogP) is 3.80. The van der Waals surface area contributed by atoms with E-state index in [1.807, 2.05) is 54.7 Å². The van der Waals surface area contributed by atoms with E-state index >= 15 is 0 Å². The van der Waals surface area contributed by atoms with Crippen LogP contribution in [0.15, 0.2) is 60.9 Å². The van der Waals surface area contributed by atoms with Crippen molar-refractivity contribution < 1.29 is 23.9 Å². The molecule has 0 bridgehead atoms. The minimum atomic E-state index is -1.40. The van der Waals surface area contributed by atoms with Crippen LogP contribution in [0.4, 0.5) is 4.79 Å². The highest BCUT2D eigenvalue weighted by Crippen LogP contribution is 2.21. The molecular weight excluding hydrogens is 548 g/mol. The van der Waals surface area contributed by atoms with Gasteiger partial charge in [0.05, 0.1) is 0 Å². The molecule has 4 aromatic rings. The molecule has 43 heavy (non-hydrogen) atoms. The van der Waals surface area contributed by atoms with Crippen LogP contribution in [-0.2, 0) is 32.0 Å². The van der Waals surface area contributed by atoms with Crippen molar-refractivity contribution in [3.63, 3.8) is 0 Å². The molecule has 2 aromatic heterocycles. The zero-order chi connectivity index (χ0) is 31.4. The number of carbonyl (C=O) groups excluding carboxylic acids is 4. The highest BCUT2D eigenvalue weighted by atomic mass is 16.6.